The summed E-state index contributed by atoms with van der Waals surface area (Å²) >= 11 is 0. The van der Waals surface area contributed by atoms with Gasteiger partial charge < -0.3 is 10.1 Å². The van der Waals surface area contributed by atoms with Crippen LogP contribution in [-0.2, 0) is 6.42 Å². The molecule has 3 rings (SSSR count). The van der Waals surface area contributed by atoms with Crippen molar-refractivity contribution >= 4 is 5.69 Å². The van der Waals surface area contributed by atoms with Crippen LogP contribution in [0.4, 0.5) is 5.69 Å². The summed E-state index contributed by atoms with van der Waals surface area (Å²) in [6, 6.07) is 15.4. The molecule has 0 heterocycles. The van der Waals surface area contributed by atoms with E-state index in [0.29, 0.717) is 12.0 Å². The smallest absolute Gasteiger partial charge is 0.269 e. The quantitative estimate of drug-likeness (QED) is 0.590. The molecular formula is C19H22N2O3. The van der Waals surface area contributed by atoms with Crippen LogP contribution in [0.15, 0.2) is 48.5 Å². The first-order valence-electron chi connectivity index (χ1n) is 8.28. The van der Waals surface area contributed by atoms with Crippen molar-refractivity contribution in [1.82, 2.24) is 5.32 Å². The predicted molar refractivity (Wildman–Crippen MR) is 93.3 cm³/mol. The van der Waals surface area contributed by atoms with E-state index in [9.17, 15) is 10.1 Å². The fraction of sp³-hybridized carbons (Fsp3) is 0.368. The molecule has 1 saturated carbocycles. The van der Waals surface area contributed by atoms with Crippen molar-refractivity contribution in [1.29, 1.82) is 0 Å². The first-order valence-corrected chi connectivity index (χ1v) is 8.28. The van der Waals surface area contributed by atoms with E-state index in [4.69, 9.17) is 4.74 Å². The molecule has 126 valence electrons. The molecular weight excluding hydrogens is 304 g/mol. The lowest BCUT2D eigenvalue weighted by molar-refractivity contribution is -0.384. The standard InChI is InChI=1S/C19H22N2O3/c1-24-18-10-6-16(7-11-18)19(15-4-5-15)20-13-12-14-2-8-17(9-3-14)21(22)23/h2-3,6-11,15,19-20H,4-5,12-13H2,1H3. The zero-order chi connectivity index (χ0) is 16.9. The lowest BCUT2D eigenvalue weighted by Gasteiger charge is -2.19. The third-order valence-corrected chi connectivity index (χ3v) is 4.49. The van der Waals surface area contributed by atoms with Crippen LogP contribution < -0.4 is 10.1 Å². The molecule has 0 amide bonds. The summed E-state index contributed by atoms with van der Waals surface area (Å²) in [6.07, 6.45) is 3.39. The van der Waals surface area contributed by atoms with E-state index in [0.717, 1.165) is 24.3 Å². The molecule has 0 saturated heterocycles. The van der Waals surface area contributed by atoms with E-state index in [1.807, 2.05) is 24.3 Å². The summed E-state index contributed by atoms with van der Waals surface area (Å²) in [5, 5.41) is 14.3. The molecule has 2 aromatic carbocycles. The molecule has 2 aromatic rings. The minimum Gasteiger partial charge on any atom is -0.497 e. The highest BCUT2D eigenvalue weighted by atomic mass is 16.6. The van der Waals surface area contributed by atoms with E-state index in [2.05, 4.69) is 17.4 Å². The number of nitro groups is 1. The Morgan fingerprint density at radius 3 is 2.38 bits per heavy atom. The van der Waals surface area contributed by atoms with Gasteiger partial charge in [0.15, 0.2) is 0 Å². The topological polar surface area (TPSA) is 64.4 Å². The summed E-state index contributed by atoms with van der Waals surface area (Å²) in [5.74, 6) is 1.58. The summed E-state index contributed by atoms with van der Waals surface area (Å²) in [4.78, 5) is 10.3. The third-order valence-electron chi connectivity index (χ3n) is 4.49. The summed E-state index contributed by atoms with van der Waals surface area (Å²) in [5.41, 5.74) is 2.54. The van der Waals surface area contributed by atoms with Gasteiger partial charge in [-0.2, -0.15) is 0 Å². The molecule has 0 aliphatic heterocycles. The second-order valence-corrected chi connectivity index (χ2v) is 6.22. The molecule has 1 atom stereocenters. The first-order chi connectivity index (χ1) is 11.7. The molecule has 0 aromatic heterocycles. The lowest BCUT2D eigenvalue weighted by Crippen LogP contribution is -2.25. The Balaban J connectivity index is 1.57. The highest BCUT2D eigenvalue weighted by molar-refractivity contribution is 5.33. The van der Waals surface area contributed by atoms with E-state index in [-0.39, 0.29) is 10.6 Å². The second kappa shape index (κ2) is 7.45. The third kappa shape index (κ3) is 4.11. The average molecular weight is 326 g/mol. The van der Waals surface area contributed by atoms with Gasteiger partial charge in [-0.3, -0.25) is 10.1 Å². The average Bonchev–Trinajstić information content (AvgIpc) is 3.44. The monoisotopic (exact) mass is 326 g/mol. The Kier molecular flexibility index (Phi) is 5.11. The van der Waals surface area contributed by atoms with Crippen LogP contribution in [0, 0.1) is 16.0 Å². The molecule has 5 nitrogen and oxygen atoms in total. The van der Waals surface area contributed by atoms with Gasteiger partial charge in [0.25, 0.3) is 5.69 Å². The predicted octanol–water partition coefficient (Wildman–Crippen LogP) is 3.89. The van der Waals surface area contributed by atoms with Crippen molar-refractivity contribution in [2.45, 2.75) is 25.3 Å². The minimum absolute atomic E-state index is 0.140. The van der Waals surface area contributed by atoms with Crippen molar-refractivity contribution < 1.29 is 9.66 Å². The number of methoxy groups -OCH3 is 1. The maximum Gasteiger partial charge on any atom is 0.269 e. The van der Waals surface area contributed by atoms with Crippen molar-refractivity contribution in [3.63, 3.8) is 0 Å². The number of ether oxygens (including phenoxy) is 1. The van der Waals surface area contributed by atoms with Gasteiger partial charge in [-0.1, -0.05) is 24.3 Å². The fourth-order valence-electron chi connectivity index (χ4n) is 2.95. The molecule has 5 heteroatoms. The van der Waals surface area contributed by atoms with Crippen LogP contribution in [0.2, 0.25) is 0 Å². The maximum absolute atomic E-state index is 10.7. The first kappa shape index (κ1) is 16.5. The van der Waals surface area contributed by atoms with Crippen LogP contribution in [0.3, 0.4) is 0 Å². The van der Waals surface area contributed by atoms with Gasteiger partial charge in [0, 0.05) is 18.2 Å². The second-order valence-electron chi connectivity index (χ2n) is 6.22. The van der Waals surface area contributed by atoms with Crippen LogP contribution >= 0.6 is 0 Å². The van der Waals surface area contributed by atoms with Crippen LogP contribution in [0.25, 0.3) is 0 Å². The molecule has 1 fully saturated rings. The van der Waals surface area contributed by atoms with Gasteiger partial charge in [0.2, 0.25) is 0 Å². The van der Waals surface area contributed by atoms with E-state index < -0.39 is 0 Å². The molecule has 1 aliphatic rings. The minimum atomic E-state index is -0.366. The molecule has 1 unspecified atom stereocenters. The molecule has 0 bridgehead atoms. The van der Waals surface area contributed by atoms with Gasteiger partial charge in [-0.15, -0.1) is 0 Å². The van der Waals surface area contributed by atoms with E-state index in [1.54, 1.807) is 19.2 Å². The Bertz CT molecular complexity index is 679. The number of hydrogen-bond acceptors (Lipinski definition) is 4. The zero-order valence-electron chi connectivity index (χ0n) is 13.8. The number of rotatable bonds is 8. The van der Waals surface area contributed by atoms with Crippen LogP contribution in [0.1, 0.15) is 30.0 Å². The van der Waals surface area contributed by atoms with Gasteiger partial charge in [0.1, 0.15) is 5.75 Å². The summed E-state index contributed by atoms with van der Waals surface area (Å²) < 4.78 is 5.22. The highest BCUT2D eigenvalue weighted by Crippen LogP contribution is 2.41. The number of benzene rings is 2. The summed E-state index contributed by atoms with van der Waals surface area (Å²) in [6.45, 7) is 0.852. The largest absolute Gasteiger partial charge is 0.497 e. The van der Waals surface area contributed by atoms with Gasteiger partial charge in [-0.05, 0) is 55.0 Å². The number of non-ortho nitro benzene ring substituents is 1. The molecule has 0 radical (unpaired) electrons. The number of hydrogen-bond donors (Lipinski definition) is 1. The van der Waals surface area contributed by atoms with Crippen molar-refractivity contribution in [2.24, 2.45) is 5.92 Å². The molecule has 1 N–H and O–H groups in total. The molecule has 1 aliphatic carbocycles. The van der Waals surface area contributed by atoms with Crippen LogP contribution in [0.5, 0.6) is 5.75 Å². The Morgan fingerprint density at radius 2 is 1.83 bits per heavy atom. The van der Waals surface area contributed by atoms with Crippen molar-refractivity contribution in [3.05, 3.63) is 69.8 Å². The molecule has 24 heavy (non-hydrogen) atoms. The summed E-state index contributed by atoms with van der Waals surface area (Å²) in [7, 11) is 1.68. The maximum atomic E-state index is 10.7. The van der Waals surface area contributed by atoms with Crippen molar-refractivity contribution in [3.8, 4) is 5.75 Å². The van der Waals surface area contributed by atoms with Gasteiger partial charge in [0.05, 0.1) is 12.0 Å². The molecule has 0 spiro atoms. The fourth-order valence-corrected chi connectivity index (χ4v) is 2.95. The van der Waals surface area contributed by atoms with Gasteiger partial charge >= 0.3 is 0 Å². The van der Waals surface area contributed by atoms with Crippen LogP contribution in [-0.4, -0.2) is 18.6 Å². The number of nitro benzene ring substituents is 1. The lowest BCUT2D eigenvalue weighted by atomic mass is 10.0. The van der Waals surface area contributed by atoms with Crippen molar-refractivity contribution in [2.75, 3.05) is 13.7 Å². The van der Waals surface area contributed by atoms with Gasteiger partial charge in [-0.25, -0.2) is 0 Å². The zero-order valence-corrected chi connectivity index (χ0v) is 13.8. The Hall–Kier alpha value is -2.40. The normalized spacial score (nSPS) is 15.0. The number of nitrogens with one attached hydrogen (secondary N) is 1. The highest BCUT2D eigenvalue weighted by Gasteiger charge is 2.31. The Morgan fingerprint density at radius 1 is 1.17 bits per heavy atom. The SMILES string of the molecule is COc1ccc(C(NCCc2ccc([N+](=O)[O-])cc2)C2CC2)cc1. The Labute approximate surface area is 141 Å². The van der Waals surface area contributed by atoms with E-state index in [1.165, 1.54) is 18.4 Å². The number of nitrogens with zero attached hydrogens (tertiary/aromatic N) is 1. The van der Waals surface area contributed by atoms with E-state index >= 15 is 0 Å².